The van der Waals surface area contributed by atoms with Gasteiger partial charge in [-0.05, 0) is 25.0 Å². The highest BCUT2D eigenvalue weighted by atomic mass is 19.1. The molecule has 1 N–H and O–H groups in total. The van der Waals surface area contributed by atoms with Gasteiger partial charge in [0.15, 0.2) is 0 Å². The van der Waals surface area contributed by atoms with Crippen LogP contribution in [0.2, 0.25) is 0 Å². The second-order valence-corrected chi connectivity index (χ2v) is 3.83. The maximum Gasteiger partial charge on any atom is 0.143 e. The van der Waals surface area contributed by atoms with Crippen LogP contribution in [-0.4, -0.2) is 19.3 Å². The van der Waals surface area contributed by atoms with Crippen LogP contribution in [0, 0.1) is 17.1 Å². The van der Waals surface area contributed by atoms with E-state index in [0.717, 1.165) is 19.4 Å². The molecule has 3 nitrogen and oxygen atoms in total. The summed E-state index contributed by atoms with van der Waals surface area (Å²) in [6, 6.07) is 6.65. The summed E-state index contributed by atoms with van der Waals surface area (Å²) in [4.78, 5) is 0. The summed E-state index contributed by atoms with van der Waals surface area (Å²) in [5.41, 5.74) is 0.631. The van der Waals surface area contributed by atoms with Gasteiger partial charge in [-0.15, -0.1) is 0 Å². The molecular weight excluding hydrogens is 207 g/mol. The number of nitriles is 1. The van der Waals surface area contributed by atoms with Gasteiger partial charge in [0.05, 0.1) is 12.3 Å². The first kappa shape index (κ1) is 10.9. The number of rotatable bonds is 2. The molecule has 1 fully saturated rings. The fraction of sp³-hybridized carbons (Fsp3) is 0.417. The minimum absolute atomic E-state index is 0.0769. The number of hydrogen-bond donors (Lipinski definition) is 1. The molecule has 2 rings (SSSR count). The van der Waals surface area contributed by atoms with E-state index in [4.69, 9.17) is 10.00 Å². The topological polar surface area (TPSA) is 45.0 Å². The molecule has 0 aromatic heterocycles. The van der Waals surface area contributed by atoms with Crippen molar-refractivity contribution in [2.75, 3.05) is 18.5 Å². The number of nitrogens with one attached hydrogen (secondary N) is 1. The van der Waals surface area contributed by atoms with Crippen LogP contribution in [0.3, 0.4) is 0 Å². The van der Waals surface area contributed by atoms with Crippen molar-refractivity contribution in [2.45, 2.75) is 18.9 Å². The van der Waals surface area contributed by atoms with E-state index in [1.165, 1.54) is 6.07 Å². The average molecular weight is 220 g/mol. The smallest absolute Gasteiger partial charge is 0.143 e. The molecule has 1 aliphatic rings. The fourth-order valence-electron chi connectivity index (χ4n) is 1.83. The zero-order valence-corrected chi connectivity index (χ0v) is 8.87. The van der Waals surface area contributed by atoms with E-state index in [2.05, 4.69) is 5.32 Å². The van der Waals surface area contributed by atoms with Gasteiger partial charge in [0.1, 0.15) is 17.4 Å². The molecule has 1 heterocycles. The van der Waals surface area contributed by atoms with Crippen molar-refractivity contribution in [1.29, 1.82) is 5.26 Å². The summed E-state index contributed by atoms with van der Waals surface area (Å²) in [5, 5.41) is 12.0. The largest absolute Gasteiger partial charge is 0.379 e. The van der Waals surface area contributed by atoms with Gasteiger partial charge in [0, 0.05) is 12.6 Å². The van der Waals surface area contributed by atoms with Crippen molar-refractivity contribution in [1.82, 2.24) is 0 Å². The number of ether oxygens (including phenoxy) is 1. The van der Waals surface area contributed by atoms with Crippen molar-refractivity contribution < 1.29 is 9.13 Å². The number of nitrogens with zero attached hydrogens (tertiary/aromatic N) is 1. The fourth-order valence-corrected chi connectivity index (χ4v) is 1.83. The van der Waals surface area contributed by atoms with Crippen LogP contribution in [0.1, 0.15) is 18.4 Å². The standard InChI is InChI=1S/C12H13FN2O/c13-11-4-1-5-12(10(11)7-14)15-9-3-2-6-16-8-9/h1,4-5,9,15H,2-3,6,8H2. The molecule has 1 aromatic rings. The van der Waals surface area contributed by atoms with Crippen molar-refractivity contribution in [2.24, 2.45) is 0 Å². The summed E-state index contributed by atoms with van der Waals surface area (Å²) >= 11 is 0. The van der Waals surface area contributed by atoms with Crippen LogP contribution >= 0.6 is 0 Å². The van der Waals surface area contributed by atoms with Gasteiger partial charge >= 0.3 is 0 Å². The lowest BCUT2D eigenvalue weighted by atomic mass is 10.1. The lowest BCUT2D eigenvalue weighted by Crippen LogP contribution is -2.30. The van der Waals surface area contributed by atoms with Gasteiger partial charge in [-0.25, -0.2) is 4.39 Å². The Hall–Kier alpha value is -1.60. The molecule has 1 aliphatic heterocycles. The van der Waals surface area contributed by atoms with Crippen molar-refractivity contribution in [3.05, 3.63) is 29.6 Å². The second-order valence-electron chi connectivity index (χ2n) is 3.83. The van der Waals surface area contributed by atoms with Crippen LogP contribution in [-0.2, 0) is 4.74 Å². The number of hydrogen-bond acceptors (Lipinski definition) is 3. The first-order chi connectivity index (χ1) is 7.81. The summed E-state index contributed by atoms with van der Waals surface area (Å²) in [6.07, 6.45) is 1.98. The number of benzene rings is 1. The molecule has 0 bridgehead atoms. The molecule has 0 radical (unpaired) electrons. The van der Waals surface area contributed by atoms with Gasteiger partial charge in [-0.2, -0.15) is 5.26 Å². The Kier molecular flexibility index (Phi) is 3.37. The highest BCUT2D eigenvalue weighted by Gasteiger charge is 2.16. The molecule has 1 unspecified atom stereocenters. The predicted molar refractivity (Wildman–Crippen MR) is 58.6 cm³/mol. The van der Waals surface area contributed by atoms with Gasteiger partial charge in [-0.1, -0.05) is 6.07 Å². The molecule has 1 saturated heterocycles. The molecule has 0 saturated carbocycles. The molecule has 16 heavy (non-hydrogen) atoms. The molecule has 1 atom stereocenters. The molecule has 0 aliphatic carbocycles. The molecular formula is C12H13FN2O. The average Bonchev–Trinajstić information content (AvgIpc) is 2.31. The van der Waals surface area contributed by atoms with E-state index in [1.807, 2.05) is 6.07 Å². The SMILES string of the molecule is N#Cc1c(F)cccc1NC1CCCOC1. The Morgan fingerprint density at radius 2 is 2.38 bits per heavy atom. The van der Waals surface area contributed by atoms with Crippen LogP contribution in [0.4, 0.5) is 10.1 Å². The Morgan fingerprint density at radius 3 is 3.06 bits per heavy atom. The summed E-state index contributed by atoms with van der Waals surface area (Å²) in [7, 11) is 0. The third-order valence-corrected chi connectivity index (χ3v) is 2.65. The van der Waals surface area contributed by atoms with Crippen molar-refractivity contribution >= 4 is 5.69 Å². The molecule has 84 valence electrons. The van der Waals surface area contributed by atoms with E-state index < -0.39 is 5.82 Å². The van der Waals surface area contributed by atoms with E-state index in [1.54, 1.807) is 12.1 Å². The van der Waals surface area contributed by atoms with Crippen molar-refractivity contribution in [3.63, 3.8) is 0 Å². The number of anilines is 1. The van der Waals surface area contributed by atoms with E-state index in [0.29, 0.717) is 12.3 Å². The van der Waals surface area contributed by atoms with Gasteiger partial charge < -0.3 is 10.1 Å². The predicted octanol–water partition coefficient (Wildman–Crippen LogP) is 2.29. The van der Waals surface area contributed by atoms with Crippen LogP contribution in [0.5, 0.6) is 0 Å². The molecule has 0 amide bonds. The maximum absolute atomic E-state index is 13.3. The van der Waals surface area contributed by atoms with E-state index in [-0.39, 0.29) is 11.6 Å². The Morgan fingerprint density at radius 1 is 1.50 bits per heavy atom. The molecule has 4 heteroatoms. The quantitative estimate of drug-likeness (QED) is 0.831. The van der Waals surface area contributed by atoms with Crippen LogP contribution in [0.15, 0.2) is 18.2 Å². The first-order valence-corrected chi connectivity index (χ1v) is 5.34. The summed E-state index contributed by atoms with van der Waals surface area (Å²) in [5.74, 6) is -0.482. The van der Waals surface area contributed by atoms with E-state index >= 15 is 0 Å². The third kappa shape index (κ3) is 2.31. The second kappa shape index (κ2) is 4.95. The zero-order chi connectivity index (χ0) is 11.4. The first-order valence-electron chi connectivity index (χ1n) is 5.34. The van der Waals surface area contributed by atoms with E-state index in [9.17, 15) is 4.39 Å². The highest BCUT2D eigenvalue weighted by molar-refractivity contribution is 5.58. The van der Waals surface area contributed by atoms with Crippen LogP contribution < -0.4 is 5.32 Å². The molecule has 0 spiro atoms. The Balaban J connectivity index is 2.14. The van der Waals surface area contributed by atoms with Gasteiger partial charge in [-0.3, -0.25) is 0 Å². The van der Waals surface area contributed by atoms with Gasteiger partial charge in [0.25, 0.3) is 0 Å². The third-order valence-electron chi connectivity index (χ3n) is 2.65. The Labute approximate surface area is 93.8 Å². The monoisotopic (exact) mass is 220 g/mol. The maximum atomic E-state index is 13.3. The minimum Gasteiger partial charge on any atom is -0.379 e. The lowest BCUT2D eigenvalue weighted by molar-refractivity contribution is 0.0876. The summed E-state index contributed by atoms with van der Waals surface area (Å²) < 4.78 is 18.6. The Bertz CT molecular complexity index is 408. The van der Waals surface area contributed by atoms with Gasteiger partial charge in [0.2, 0.25) is 0 Å². The summed E-state index contributed by atoms with van der Waals surface area (Å²) in [6.45, 7) is 1.40. The van der Waals surface area contributed by atoms with Crippen molar-refractivity contribution in [3.8, 4) is 6.07 Å². The van der Waals surface area contributed by atoms with Crippen LogP contribution in [0.25, 0.3) is 0 Å². The lowest BCUT2D eigenvalue weighted by Gasteiger charge is -2.24. The normalized spacial score (nSPS) is 20.1. The number of halogens is 1. The zero-order valence-electron chi connectivity index (χ0n) is 8.87. The molecule has 1 aromatic carbocycles. The highest BCUT2D eigenvalue weighted by Crippen LogP contribution is 2.20. The minimum atomic E-state index is -0.482.